The number of carbonyl (C=O) groups excluding carboxylic acids is 2. The maximum Gasteiger partial charge on any atom is 0.199 e. The quantitative estimate of drug-likeness (QED) is 0.224. The Kier molecular flexibility index (Phi) is 8.23. The number of hydrogen-bond acceptors (Lipinski definition) is 8. The average molecular weight is 448 g/mol. The molecule has 172 valence electrons. The van der Waals surface area contributed by atoms with Gasteiger partial charge in [0.1, 0.15) is 11.6 Å². The van der Waals surface area contributed by atoms with Gasteiger partial charge in [0.2, 0.25) is 0 Å². The third-order valence-corrected chi connectivity index (χ3v) is 5.03. The number of carbonyl (C=O) groups is 2. The molecule has 0 saturated heterocycles. The molecule has 10 heteroatoms. The molecule has 0 fully saturated rings. The number of ketones is 2. The van der Waals surface area contributed by atoms with Crippen LogP contribution in [0, 0.1) is 11.6 Å². The third kappa shape index (κ3) is 4.94. The number of aliphatic hydroxyl groups is 2. The summed E-state index contributed by atoms with van der Waals surface area (Å²) in [7, 11) is 0. The Morgan fingerprint density at radius 2 is 1.00 bits per heavy atom. The van der Waals surface area contributed by atoms with Crippen LogP contribution < -0.4 is 21.3 Å². The Morgan fingerprint density at radius 1 is 0.594 bits per heavy atom. The lowest BCUT2D eigenvalue weighted by Crippen LogP contribution is -2.29. The first kappa shape index (κ1) is 23.7. The second-order valence-corrected chi connectivity index (χ2v) is 7.15. The zero-order valence-corrected chi connectivity index (χ0v) is 17.4. The van der Waals surface area contributed by atoms with Crippen molar-refractivity contribution >= 4 is 22.9 Å². The number of halogens is 2. The molecule has 0 aliphatic heterocycles. The van der Waals surface area contributed by atoms with Crippen LogP contribution in [-0.2, 0) is 0 Å². The van der Waals surface area contributed by atoms with Gasteiger partial charge in [0.25, 0.3) is 0 Å². The smallest absolute Gasteiger partial charge is 0.199 e. The standard InChI is InChI=1S/C22H26F2N4O4/c23-13-1-2-14(24)18-17(13)21(31)19-15(27-7-5-25-9-11-29)3-4-16(20(19)22(18)32)28-8-6-26-10-12-30/h1-4,25-30H,5-12H2. The molecule has 0 unspecified atom stereocenters. The summed E-state index contributed by atoms with van der Waals surface area (Å²) in [6.45, 7) is 2.50. The van der Waals surface area contributed by atoms with Crippen LogP contribution in [-0.4, -0.2) is 74.3 Å². The van der Waals surface area contributed by atoms with Gasteiger partial charge in [0, 0.05) is 50.6 Å². The summed E-state index contributed by atoms with van der Waals surface area (Å²) < 4.78 is 29.0. The number of benzene rings is 2. The molecule has 2 aromatic rings. The Balaban J connectivity index is 1.97. The van der Waals surface area contributed by atoms with Gasteiger partial charge in [-0.25, -0.2) is 8.78 Å². The van der Waals surface area contributed by atoms with E-state index in [9.17, 15) is 18.4 Å². The van der Waals surface area contributed by atoms with Gasteiger partial charge in [-0.3, -0.25) is 9.59 Å². The lowest BCUT2D eigenvalue weighted by atomic mass is 9.81. The van der Waals surface area contributed by atoms with Gasteiger partial charge in [-0.05, 0) is 24.3 Å². The average Bonchev–Trinajstić information content (AvgIpc) is 2.78. The van der Waals surface area contributed by atoms with E-state index in [2.05, 4.69) is 21.3 Å². The summed E-state index contributed by atoms with van der Waals surface area (Å²) in [5.41, 5.74) is -0.480. The van der Waals surface area contributed by atoms with Gasteiger partial charge in [0.15, 0.2) is 11.6 Å². The highest BCUT2D eigenvalue weighted by Crippen LogP contribution is 2.38. The number of aliphatic hydroxyl groups excluding tert-OH is 2. The first-order chi connectivity index (χ1) is 15.5. The number of fused-ring (bicyclic) bond motifs is 2. The van der Waals surface area contributed by atoms with Crippen molar-refractivity contribution in [2.75, 3.05) is 63.1 Å². The van der Waals surface area contributed by atoms with E-state index >= 15 is 0 Å². The Morgan fingerprint density at radius 3 is 1.38 bits per heavy atom. The van der Waals surface area contributed by atoms with Gasteiger partial charge in [-0.15, -0.1) is 0 Å². The van der Waals surface area contributed by atoms with Crippen LogP contribution in [0.25, 0.3) is 0 Å². The summed E-state index contributed by atoms with van der Waals surface area (Å²) in [4.78, 5) is 26.5. The lowest BCUT2D eigenvalue weighted by molar-refractivity contribution is 0.0973. The highest BCUT2D eigenvalue weighted by molar-refractivity contribution is 6.32. The molecular formula is C22H26F2N4O4. The van der Waals surface area contributed by atoms with Gasteiger partial charge in [-0.1, -0.05) is 0 Å². The SMILES string of the molecule is O=C1c2c(F)ccc(F)c2C(=O)c2c(NCCNCCO)ccc(NCCNCCO)c21. The molecule has 0 atom stereocenters. The Hall–Kier alpha value is -2.92. The predicted molar refractivity (Wildman–Crippen MR) is 117 cm³/mol. The van der Waals surface area contributed by atoms with Crippen LogP contribution >= 0.6 is 0 Å². The monoisotopic (exact) mass is 448 g/mol. The molecular weight excluding hydrogens is 422 g/mol. The molecule has 0 heterocycles. The van der Waals surface area contributed by atoms with Gasteiger partial charge >= 0.3 is 0 Å². The van der Waals surface area contributed by atoms with Crippen molar-refractivity contribution in [1.82, 2.24) is 10.6 Å². The molecule has 1 aliphatic carbocycles. The molecule has 8 nitrogen and oxygen atoms in total. The zero-order valence-electron chi connectivity index (χ0n) is 17.4. The molecule has 32 heavy (non-hydrogen) atoms. The van der Waals surface area contributed by atoms with E-state index in [1.54, 1.807) is 12.1 Å². The molecule has 3 rings (SSSR count). The minimum absolute atomic E-state index is 0.0116. The first-order valence-corrected chi connectivity index (χ1v) is 10.4. The van der Waals surface area contributed by atoms with E-state index in [1.807, 2.05) is 0 Å². The molecule has 2 aromatic carbocycles. The number of nitrogens with one attached hydrogen (secondary N) is 4. The fraction of sp³-hybridized carbons (Fsp3) is 0.364. The number of rotatable bonds is 12. The Bertz CT molecular complexity index is 922. The first-order valence-electron chi connectivity index (χ1n) is 10.4. The van der Waals surface area contributed by atoms with Crippen LogP contribution in [0.2, 0.25) is 0 Å². The Labute approximate surface area is 184 Å². The van der Waals surface area contributed by atoms with Crippen LogP contribution in [0.15, 0.2) is 24.3 Å². The highest BCUT2D eigenvalue weighted by Gasteiger charge is 2.38. The molecule has 0 bridgehead atoms. The molecule has 0 saturated carbocycles. The van der Waals surface area contributed by atoms with Crippen molar-refractivity contribution in [3.8, 4) is 0 Å². The second kappa shape index (κ2) is 11.1. The maximum atomic E-state index is 14.5. The molecule has 0 radical (unpaired) electrons. The summed E-state index contributed by atoms with van der Waals surface area (Å²) in [5.74, 6) is -3.43. The lowest BCUT2D eigenvalue weighted by Gasteiger charge is -2.24. The van der Waals surface area contributed by atoms with Crippen molar-refractivity contribution in [3.05, 3.63) is 58.2 Å². The van der Waals surface area contributed by atoms with Crippen molar-refractivity contribution in [2.24, 2.45) is 0 Å². The number of anilines is 2. The van der Waals surface area contributed by atoms with Crippen LogP contribution in [0.1, 0.15) is 31.8 Å². The molecule has 0 aromatic heterocycles. The third-order valence-electron chi connectivity index (χ3n) is 5.03. The summed E-state index contributed by atoms with van der Waals surface area (Å²) in [5, 5.41) is 29.8. The molecule has 0 amide bonds. The van der Waals surface area contributed by atoms with Crippen LogP contribution in [0.5, 0.6) is 0 Å². The van der Waals surface area contributed by atoms with Crippen molar-refractivity contribution in [2.45, 2.75) is 0 Å². The predicted octanol–water partition coefficient (Wildman–Crippen LogP) is 0.728. The fourth-order valence-corrected chi connectivity index (χ4v) is 3.59. The highest BCUT2D eigenvalue weighted by atomic mass is 19.1. The maximum absolute atomic E-state index is 14.5. The van der Waals surface area contributed by atoms with Crippen LogP contribution in [0.4, 0.5) is 20.2 Å². The van der Waals surface area contributed by atoms with Crippen molar-refractivity contribution in [1.29, 1.82) is 0 Å². The van der Waals surface area contributed by atoms with E-state index in [-0.39, 0.29) is 24.3 Å². The van der Waals surface area contributed by atoms with E-state index in [4.69, 9.17) is 10.2 Å². The number of hydrogen-bond donors (Lipinski definition) is 6. The fourth-order valence-electron chi connectivity index (χ4n) is 3.59. The van der Waals surface area contributed by atoms with E-state index in [1.165, 1.54) is 0 Å². The second-order valence-electron chi connectivity index (χ2n) is 7.15. The summed E-state index contributed by atoms with van der Waals surface area (Å²) >= 11 is 0. The zero-order chi connectivity index (χ0) is 23.1. The van der Waals surface area contributed by atoms with Crippen LogP contribution in [0.3, 0.4) is 0 Å². The summed E-state index contributed by atoms with van der Waals surface area (Å²) in [6.07, 6.45) is 0. The van der Waals surface area contributed by atoms with E-state index in [0.717, 1.165) is 12.1 Å². The van der Waals surface area contributed by atoms with Crippen molar-refractivity contribution < 1.29 is 28.6 Å². The van der Waals surface area contributed by atoms with Crippen molar-refractivity contribution in [3.63, 3.8) is 0 Å². The topological polar surface area (TPSA) is 123 Å². The van der Waals surface area contributed by atoms with E-state index in [0.29, 0.717) is 50.6 Å². The normalized spacial score (nSPS) is 12.5. The van der Waals surface area contributed by atoms with Gasteiger partial charge in [0.05, 0.1) is 35.5 Å². The molecule has 6 N–H and O–H groups in total. The minimum atomic E-state index is -0.951. The largest absolute Gasteiger partial charge is 0.395 e. The minimum Gasteiger partial charge on any atom is -0.395 e. The molecule has 1 aliphatic rings. The van der Waals surface area contributed by atoms with E-state index < -0.39 is 34.3 Å². The summed E-state index contributed by atoms with van der Waals surface area (Å²) in [6, 6.07) is 4.90. The van der Waals surface area contributed by atoms with Gasteiger partial charge < -0.3 is 31.5 Å². The molecule has 0 spiro atoms. The van der Waals surface area contributed by atoms with Gasteiger partial charge in [-0.2, -0.15) is 0 Å².